The maximum absolute atomic E-state index is 11.3. The minimum absolute atomic E-state index is 0.186. The summed E-state index contributed by atoms with van der Waals surface area (Å²) in [5.74, 6) is 0.314. The fourth-order valence-corrected chi connectivity index (χ4v) is 0.876. The van der Waals surface area contributed by atoms with Crippen LogP contribution in [0.2, 0.25) is 0 Å². The zero-order valence-electron chi connectivity index (χ0n) is 8.30. The fraction of sp³-hybridized carbons (Fsp3) is 0.556. The molecule has 1 rings (SSSR count). The van der Waals surface area contributed by atoms with Crippen LogP contribution in [0.5, 0.6) is 5.88 Å². The molecule has 4 nitrogen and oxygen atoms in total. The highest BCUT2D eigenvalue weighted by Gasteiger charge is 2.18. The van der Waals surface area contributed by atoms with E-state index in [1.807, 2.05) is 20.8 Å². The third-order valence-corrected chi connectivity index (χ3v) is 1.84. The lowest BCUT2D eigenvalue weighted by molar-refractivity contribution is 0.430. The summed E-state index contributed by atoms with van der Waals surface area (Å²) >= 11 is 0. The van der Waals surface area contributed by atoms with Crippen LogP contribution in [0.3, 0.4) is 0 Å². The smallest absolute Gasteiger partial charge is 0.257 e. The van der Waals surface area contributed by atoms with E-state index in [2.05, 4.69) is 9.97 Å². The van der Waals surface area contributed by atoms with Gasteiger partial charge in [0.25, 0.3) is 5.56 Å². The zero-order valence-corrected chi connectivity index (χ0v) is 8.30. The van der Waals surface area contributed by atoms with E-state index in [4.69, 9.17) is 0 Å². The Morgan fingerprint density at radius 2 is 1.92 bits per heavy atom. The summed E-state index contributed by atoms with van der Waals surface area (Å²) in [6, 6.07) is 0. The molecule has 0 spiro atoms. The first-order valence-electron chi connectivity index (χ1n) is 4.12. The van der Waals surface area contributed by atoms with Crippen molar-refractivity contribution in [2.24, 2.45) is 0 Å². The molecule has 0 aliphatic carbocycles. The number of hydrogen-bond donors (Lipinski definition) is 2. The van der Waals surface area contributed by atoms with Crippen molar-refractivity contribution in [1.29, 1.82) is 0 Å². The number of aromatic nitrogens is 2. The summed E-state index contributed by atoms with van der Waals surface area (Å²) in [7, 11) is 0. The quantitative estimate of drug-likeness (QED) is 0.631. The third-order valence-electron chi connectivity index (χ3n) is 1.84. The number of nitrogens with one attached hydrogen (secondary N) is 1. The number of nitrogens with zero attached hydrogens (tertiary/aromatic N) is 1. The molecular weight excluding hydrogens is 168 g/mol. The SMILES string of the molecule is Cc1c(O)nc(C(C)(C)C)[nH]c1=O. The molecule has 0 amide bonds. The van der Waals surface area contributed by atoms with Crippen molar-refractivity contribution in [2.45, 2.75) is 33.1 Å². The van der Waals surface area contributed by atoms with Crippen molar-refractivity contribution in [2.75, 3.05) is 0 Å². The Bertz CT molecular complexity index is 374. The lowest BCUT2D eigenvalue weighted by atomic mass is 9.96. The molecule has 0 aliphatic rings. The van der Waals surface area contributed by atoms with Crippen molar-refractivity contribution in [1.82, 2.24) is 9.97 Å². The molecule has 0 fully saturated rings. The van der Waals surface area contributed by atoms with Crippen molar-refractivity contribution >= 4 is 0 Å². The summed E-state index contributed by atoms with van der Waals surface area (Å²) in [6.07, 6.45) is 0. The van der Waals surface area contributed by atoms with Gasteiger partial charge in [0, 0.05) is 5.41 Å². The Morgan fingerprint density at radius 1 is 1.38 bits per heavy atom. The molecule has 0 aliphatic heterocycles. The van der Waals surface area contributed by atoms with Gasteiger partial charge in [-0.1, -0.05) is 20.8 Å². The van der Waals surface area contributed by atoms with Gasteiger partial charge in [-0.15, -0.1) is 0 Å². The van der Waals surface area contributed by atoms with Crippen molar-refractivity contribution in [3.8, 4) is 5.88 Å². The summed E-state index contributed by atoms with van der Waals surface area (Å²) < 4.78 is 0. The lowest BCUT2D eigenvalue weighted by Gasteiger charge is -2.17. The third kappa shape index (κ3) is 1.88. The van der Waals surface area contributed by atoms with Gasteiger partial charge in [0.05, 0.1) is 5.56 Å². The van der Waals surface area contributed by atoms with E-state index < -0.39 is 0 Å². The molecule has 2 N–H and O–H groups in total. The average Bonchev–Trinajstić information content (AvgIpc) is 1.97. The van der Waals surface area contributed by atoms with Crippen molar-refractivity contribution < 1.29 is 5.11 Å². The van der Waals surface area contributed by atoms with E-state index in [1.54, 1.807) is 0 Å². The van der Waals surface area contributed by atoms with Gasteiger partial charge in [-0.05, 0) is 6.92 Å². The number of aromatic amines is 1. The van der Waals surface area contributed by atoms with Gasteiger partial charge in [-0.3, -0.25) is 4.79 Å². The highest BCUT2D eigenvalue weighted by Crippen LogP contribution is 2.19. The van der Waals surface area contributed by atoms with E-state index in [0.29, 0.717) is 5.82 Å². The van der Waals surface area contributed by atoms with Gasteiger partial charge in [-0.2, -0.15) is 4.98 Å². The molecule has 13 heavy (non-hydrogen) atoms. The van der Waals surface area contributed by atoms with E-state index in [1.165, 1.54) is 6.92 Å². The number of rotatable bonds is 0. The molecule has 0 saturated heterocycles. The van der Waals surface area contributed by atoms with Crippen LogP contribution in [0, 0.1) is 6.92 Å². The van der Waals surface area contributed by atoms with E-state index in [-0.39, 0.29) is 22.4 Å². The van der Waals surface area contributed by atoms with E-state index in [9.17, 15) is 9.90 Å². The lowest BCUT2D eigenvalue weighted by Crippen LogP contribution is -2.23. The largest absolute Gasteiger partial charge is 0.493 e. The maximum atomic E-state index is 11.3. The average molecular weight is 182 g/mol. The topological polar surface area (TPSA) is 66.0 Å². The van der Waals surface area contributed by atoms with Gasteiger partial charge < -0.3 is 10.1 Å². The molecule has 1 aromatic heterocycles. The summed E-state index contributed by atoms with van der Waals surface area (Å²) in [5.41, 5.74) is -0.282. The highest BCUT2D eigenvalue weighted by molar-refractivity contribution is 5.22. The van der Waals surface area contributed by atoms with Crippen molar-refractivity contribution in [3.63, 3.8) is 0 Å². The van der Waals surface area contributed by atoms with Gasteiger partial charge in [-0.25, -0.2) is 0 Å². The van der Waals surface area contributed by atoms with Gasteiger partial charge in [0.2, 0.25) is 5.88 Å². The van der Waals surface area contributed by atoms with Crippen LogP contribution in [0.15, 0.2) is 4.79 Å². The van der Waals surface area contributed by atoms with Crippen LogP contribution in [0.25, 0.3) is 0 Å². The summed E-state index contributed by atoms with van der Waals surface area (Å²) in [6.45, 7) is 7.29. The minimum atomic E-state index is -0.280. The number of aromatic hydroxyl groups is 1. The monoisotopic (exact) mass is 182 g/mol. The molecule has 1 aromatic rings. The minimum Gasteiger partial charge on any atom is -0.493 e. The van der Waals surface area contributed by atoms with Gasteiger partial charge >= 0.3 is 0 Å². The van der Waals surface area contributed by atoms with Crippen LogP contribution < -0.4 is 5.56 Å². The van der Waals surface area contributed by atoms with Crippen LogP contribution in [0.1, 0.15) is 32.2 Å². The molecule has 0 radical (unpaired) electrons. The first kappa shape index (κ1) is 9.77. The second-order valence-corrected chi connectivity index (χ2v) is 4.11. The normalized spacial score (nSPS) is 11.7. The maximum Gasteiger partial charge on any atom is 0.257 e. The van der Waals surface area contributed by atoms with Gasteiger partial charge in [0.1, 0.15) is 5.82 Å². The molecule has 72 valence electrons. The highest BCUT2D eigenvalue weighted by atomic mass is 16.3. The van der Waals surface area contributed by atoms with Gasteiger partial charge in [0.15, 0.2) is 0 Å². The fourth-order valence-electron chi connectivity index (χ4n) is 0.876. The molecular formula is C9H14N2O2. The first-order chi connectivity index (χ1) is 5.82. The standard InChI is InChI=1S/C9H14N2O2/c1-5-6(12)10-8(9(2,3)4)11-7(5)13/h1-4H3,(H2,10,11,12,13). The number of hydrogen-bond acceptors (Lipinski definition) is 3. The summed E-state index contributed by atoms with van der Waals surface area (Å²) in [5, 5.41) is 9.31. The molecule has 1 heterocycles. The second-order valence-electron chi connectivity index (χ2n) is 4.11. The first-order valence-corrected chi connectivity index (χ1v) is 4.12. The Balaban J connectivity index is 3.38. The Morgan fingerprint density at radius 3 is 2.31 bits per heavy atom. The predicted octanol–water partition coefficient (Wildman–Crippen LogP) is 1.08. The molecule has 4 heteroatoms. The second kappa shape index (κ2) is 2.87. The van der Waals surface area contributed by atoms with Crippen LogP contribution in [-0.4, -0.2) is 15.1 Å². The van der Waals surface area contributed by atoms with Crippen LogP contribution in [0.4, 0.5) is 0 Å². The molecule has 0 saturated carbocycles. The molecule has 0 bridgehead atoms. The molecule has 0 atom stereocenters. The summed E-state index contributed by atoms with van der Waals surface area (Å²) in [4.78, 5) is 17.8. The van der Waals surface area contributed by atoms with Crippen molar-refractivity contribution in [3.05, 3.63) is 21.7 Å². The number of H-pyrrole nitrogens is 1. The molecule has 0 aromatic carbocycles. The zero-order chi connectivity index (χ0) is 10.2. The Labute approximate surface area is 76.7 Å². The van der Waals surface area contributed by atoms with E-state index >= 15 is 0 Å². The Kier molecular flexibility index (Phi) is 2.15. The van der Waals surface area contributed by atoms with Crippen LogP contribution >= 0.6 is 0 Å². The van der Waals surface area contributed by atoms with Crippen LogP contribution in [-0.2, 0) is 5.41 Å². The predicted molar refractivity (Wildman–Crippen MR) is 50.0 cm³/mol. The Hall–Kier alpha value is -1.32. The molecule has 0 unspecified atom stereocenters. The van der Waals surface area contributed by atoms with E-state index in [0.717, 1.165) is 0 Å².